The Hall–Kier alpha value is -2.31. The molecule has 0 fully saturated rings. The number of hydrogen-bond acceptors (Lipinski definition) is 3. The lowest BCUT2D eigenvalue weighted by molar-refractivity contribution is -0.123. The number of hydrogen-bond donors (Lipinski definition) is 3. The van der Waals surface area contributed by atoms with E-state index in [0.717, 1.165) is 6.42 Å². The van der Waals surface area contributed by atoms with Crippen LogP contribution >= 0.6 is 0 Å². The fraction of sp³-hybridized carbons (Fsp3) is 0.529. The zero-order chi connectivity index (χ0) is 18.1. The summed E-state index contributed by atoms with van der Waals surface area (Å²) in [5.74, 6) is -0.563. The number of para-hydroxylation sites is 1. The van der Waals surface area contributed by atoms with Gasteiger partial charge in [-0.3, -0.25) is 4.79 Å². The maximum absolute atomic E-state index is 13.4. The van der Waals surface area contributed by atoms with Crippen LogP contribution in [0.2, 0.25) is 0 Å². The lowest BCUT2D eigenvalue weighted by Gasteiger charge is -2.20. The highest BCUT2D eigenvalue weighted by atomic mass is 19.1. The minimum atomic E-state index is -0.654. The van der Waals surface area contributed by atoms with Crippen molar-refractivity contribution < 1.29 is 18.7 Å². The first-order valence-corrected chi connectivity index (χ1v) is 8.08. The molecule has 0 saturated carbocycles. The van der Waals surface area contributed by atoms with Gasteiger partial charge in [-0.05, 0) is 39.3 Å². The minimum absolute atomic E-state index is 0.0536. The van der Waals surface area contributed by atoms with Gasteiger partial charge in [0.1, 0.15) is 12.6 Å². The number of ether oxygens (including phenoxy) is 1. The molecule has 0 heterocycles. The molecule has 0 aliphatic carbocycles. The number of carbonyl (C=O) groups excluding carboxylic acids is 2. The van der Waals surface area contributed by atoms with E-state index in [2.05, 4.69) is 16.0 Å². The molecule has 0 saturated heterocycles. The highest BCUT2D eigenvalue weighted by molar-refractivity contribution is 5.86. The molecule has 0 bridgehead atoms. The van der Waals surface area contributed by atoms with Crippen LogP contribution in [0, 0.1) is 5.82 Å². The Labute approximate surface area is 142 Å². The lowest BCUT2D eigenvalue weighted by atomic mass is 10.2. The molecule has 7 heteroatoms. The average Bonchev–Trinajstić information content (AvgIpc) is 2.53. The quantitative estimate of drug-likeness (QED) is 0.679. The minimum Gasteiger partial charge on any atom is -0.488 e. The van der Waals surface area contributed by atoms with Crippen molar-refractivity contribution in [1.29, 1.82) is 0 Å². The summed E-state index contributed by atoms with van der Waals surface area (Å²) in [6.07, 6.45) is 0.815. The van der Waals surface area contributed by atoms with Crippen LogP contribution in [0.3, 0.4) is 0 Å². The van der Waals surface area contributed by atoms with E-state index in [9.17, 15) is 14.0 Å². The summed E-state index contributed by atoms with van der Waals surface area (Å²) in [5.41, 5.74) is 0. The molecule has 1 rings (SSSR count). The van der Waals surface area contributed by atoms with Crippen LogP contribution in [0.4, 0.5) is 9.18 Å². The molecule has 134 valence electrons. The van der Waals surface area contributed by atoms with Crippen molar-refractivity contribution in [1.82, 2.24) is 16.0 Å². The summed E-state index contributed by atoms with van der Waals surface area (Å²) in [4.78, 5) is 23.7. The Kier molecular flexibility index (Phi) is 8.01. The Balaban J connectivity index is 2.36. The van der Waals surface area contributed by atoms with Crippen molar-refractivity contribution in [2.75, 3.05) is 6.61 Å². The summed E-state index contributed by atoms with van der Waals surface area (Å²) >= 11 is 0. The van der Waals surface area contributed by atoms with Crippen LogP contribution in [-0.2, 0) is 4.79 Å². The topological polar surface area (TPSA) is 79.5 Å². The SMILES string of the molecule is CC[C@H](C)NC(=O)[C@@H](C)NC(=O)N[C@@H](C)COc1ccccc1F. The molecule has 0 spiro atoms. The van der Waals surface area contributed by atoms with Gasteiger partial charge in [-0.1, -0.05) is 19.1 Å². The van der Waals surface area contributed by atoms with E-state index in [0.29, 0.717) is 0 Å². The molecule has 3 N–H and O–H groups in total. The molecule has 3 amide bonds. The summed E-state index contributed by atoms with van der Waals surface area (Å²) in [5, 5.41) is 8.00. The second kappa shape index (κ2) is 9.75. The van der Waals surface area contributed by atoms with Crippen molar-refractivity contribution in [3.8, 4) is 5.75 Å². The number of amides is 3. The summed E-state index contributed by atoms with van der Waals surface area (Å²) in [6, 6.07) is 4.63. The van der Waals surface area contributed by atoms with Gasteiger partial charge in [0.25, 0.3) is 0 Å². The second-order valence-corrected chi connectivity index (χ2v) is 5.80. The van der Waals surface area contributed by atoms with Gasteiger partial charge in [0.2, 0.25) is 5.91 Å². The monoisotopic (exact) mass is 339 g/mol. The van der Waals surface area contributed by atoms with Gasteiger partial charge in [0.05, 0.1) is 6.04 Å². The Morgan fingerprint density at radius 2 is 1.75 bits per heavy atom. The van der Waals surface area contributed by atoms with Crippen molar-refractivity contribution in [2.24, 2.45) is 0 Å². The first-order chi connectivity index (χ1) is 11.3. The van der Waals surface area contributed by atoms with Crippen LogP contribution < -0.4 is 20.7 Å². The van der Waals surface area contributed by atoms with Crippen LogP contribution in [0.1, 0.15) is 34.1 Å². The van der Waals surface area contributed by atoms with Gasteiger partial charge in [-0.2, -0.15) is 0 Å². The number of urea groups is 1. The van der Waals surface area contributed by atoms with Crippen molar-refractivity contribution >= 4 is 11.9 Å². The standard InChI is InChI=1S/C17H26FN3O3/c1-5-11(2)19-16(22)13(4)21-17(23)20-12(3)10-24-15-9-7-6-8-14(15)18/h6-9,11-13H,5,10H2,1-4H3,(H,19,22)(H2,20,21,23)/t11-,12-,13+/m0/s1. The molecule has 0 aliphatic heterocycles. The first kappa shape index (κ1) is 19.7. The number of benzene rings is 1. The van der Waals surface area contributed by atoms with E-state index >= 15 is 0 Å². The van der Waals surface area contributed by atoms with Gasteiger partial charge >= 0.3 is 6.03 Å². The third kappa shape index (κ3) is 6.85. The van der Waals surface area contributed by atoms with E-state index in [1.807, 2.05) is 13.8 Å². The van der Waals surface area contributed by atoms with Crippen LogP contribution in [-0.4, -0.2) is 36.7 Å². The molecule has 1 aromatic carbocycles. The summed E-state index contributed by atoms with van der Waals surface area (Å²) < 4.78 is 18.7. The van der Waals surface area contributed by atoms with E-state index in [1.165, 1.54) is 12.1 Å². The summed E-state index contributed by atoms with van der Waals surface area (Å²) in [7, 11) is 0. The van der Waals surface area contributed by atoms with Crippen molar-refractivity contribution in [2.45, 2.75) is 52.2 Å². The molecular weight excluding hydrogens is 313 g/mol. The molecule has 3 atom stereocenters. The highest BCUT2D eigenvalue weighted by Crippen LogP contribution is 2.15. The number of rotatable bonds is 8. The van der Waals surface area contributed by atoms with Crippen LogP contribution in [0.25, 0.3) is 0 Å². The molecule has 6 nitrogen and oxygen atoms in total. The molecular formula is C17H26FN3O3. The van der Waals surface area contributed by atoms with Crippen LogP contribution in [0.5, 0.6) is 5.75 Å². The predicted octanol–water partition coefficient (Wildman–Crippen LogP) is 2.20. The number of nitrogens with one attached hydrogen (secondary N) is 3. The van der Waals surface area contributed by atoms with E-state index in [1.54, 1.807) is 26.0 Å². The van der Waals surface area contributed by atoms with Gasteiger partial charge in [-0.25, -0.2) is 9.18 Å². The van der Waals surface area contributed by atoms with Gasteiger partial charge in [0.15, 0.2) is 11.6 Å². The molecule has 0 aromatic heterocycles. The van der Waals surface area contributed by atoms with Gasteiger partial charge < -0.3 is 20.7 Å². The molecule has 24 heavy (non-hydrogen) atoms. The molecule has 0 radical (unpaired) electrons. The fourth-order valence-electron chi connectivity index (χ4n) is 1.82. The fourth-order valence-corrected chi connectivity index (χ4v) is 1.82. The maximum Gasteiger partial charge on any atom is 0.315 e. The molecule has 0 unspecified atom stereocenters. The van der Waals surface area contributed by atoms with Gasteiger partial charge in [-0.15, -0.1) is 0 Å². The third-order valence-electron chi connectivity index (χ3n) is 3.44. The molecule has 0 aliphatic rings. The summed E-state index contributed by atoms with van der Waals surface area (Å²) in [6.45, 7) is 7.31. The second-order valence-electron chi connectivity index (χ2n) is 5.80. The Morgan fingerprint density at radius 1 is 1.08 bits per heavy atom. The smallest absolute Gasteiger partial charge is 0.315 e. The van der Waals surface area contributed by atoms with Gasteiger partial charge in [0, 0.05) is 6.04 Å². The predicted molar refractivity (Wildman–Crippen MR) is 90.4 cm³/mol. The van der Waals surface area contributed by atoms with E-state index in [-0.39, 0.29) is 30.3 Å². The van der Waals surface area contributed by atoms with Crippen molar-refractivity contribution in [3.63, 3.8) is 0 Å². The van der Waals surface area contributed by atoms with Crippen molar-refractivity contribution in [3.05, 3.63) is 30.1 Å². The zero-order valence-corrected chi connectivity index (χ0v) is 14.6. The molecule has 1 aromatic rings. The number of halogens is 1. The zero-order valence-electron chi connectivity index (χ0n) is 14.6. The normalized spacial score (nSPS) is 14.2. The Morgan fingerprint density at radius 3 is 2.38 bits per heavy atom. The lowest BCUT2D eigenvalue weighted by Crippen LogP contribution is -2.52. The average molecular weight is 339 g/mol. The first-order valence-electron chi connectivity index (χ1n) is 8.08. The largest absolute Gasteiger partial charge is 0.488 e. The van der Waals surface area contributed by atoms with E-state index < -0.39 is 17.9 Å². The maximum atomic E-state index is 13.4. The highest BCUT2D eigenvalue weighted by Gasteiger charge is 2.18. The van der Waals surface area contributed by atoms with E-state index in [4.69, 9.17) is 4.74 Å². The Bertz CT molecular complexity index is 554. The number of carbonyl (C=O) groups is 2. The van der Waals surface area contributed by atoms with Crippen LogP contribution in [0.15, 0.2) is 24.3 Å². The third-order valence-corrected chi connectivity index (χ3v) is 3.44.